The summed E-state index contributed by atoms with van der Waals surface area (Å²) < 4.78 is 0. The lowest BCUT2D eigenvalue weighted by Gasteiger charge is -2.20. The molecule has 0 aliphatic heterocycles. The fraction of sp³-hybridized carbons (Fsp3) is 0.267. The summed E-state index contributed by atoms with van der Waals surface area (Å²) in [4.78, 5) is 6.28. The normalized spacial score (nSPS) is 10.3. The van der Waals surface area contributed by atoms with Crippen molar-refractivity contribution in [3.8, 4) is 0 Å². The highest BCUT2D eigenvalue weighted by Crippen LogP contribution is 2.15. The van der Waals surface area contributed by atoms with Crippen molar-refractivity contribution in [1.29, 1.82) is 0 Å². The lowest BCUT2D eigenvalue weighted by Crippen LogP contribution is -2.20. The Morgan fingerprint density at radius 1 is 1.11 bits per heavy atom. The molecule has 1 heterocycles. The molecule has 0 fully saturated rings. The van der Waals surface area contributed by atoms with E-state index in [-0.39, 0.29) is 0 Å². The van der Waals surface area contributed by atoms with Crippen molar-refractivity contribution in [3.63, 3.8) is 0 Å². The minimum absolute atomic E-state index is 0.589. The van der Waals surface area contributed by atoms with Crippen LogP contribution in [0.25, 0.3) is 0 Å². The van der Waals surface area contributed by atoms with E-state index in [1.54, 1.807) is 0 Å². The maximum absolute atomic E-state index is 5.66. The highest BCUT2D eigenvalue weighted by atomic mass is 15.1. The van der Waals surface area contributed by atoms with E-state index in [0.29, 0.717) is 6.54 Å². The van der Waals surface area contributed by atoms with Crippen LogP contribution in [0.4, 0.5) is 5.69 Å². The Bertz CT molecular complexity index is 482. The van der Waals surface area contributed by atoms with Gasteiger partial charge in [-0.2, -0.15) is 0 Å². The minimum atomic E-state index is 0.589. The van der Waals surface area contributed by atoms with Gasteiger partial charge < -0.3 is 10.6 Å². The van der Waals surface area contributed by atoms with Crippen LogP contribution in [-0.2, 0) is 13.0 Å². The summed E-state index contributed by atoms with van der Waals surface area (Å²) in [5, 5.41) is 0. The van der Waals surface area contributed by atoms with Crippen molar-refractivity contribution >= 4 is 5.69 Å². The van der Waals surface area contributed by atoms with Crippen LogP contribution in [0, 0.1) is 0 Å². The second-order valence-corrected chi connectivity index (χ2v) is 4.40. The van der Waals surface area contributed by atoms with Gasteiger partial charge in [0, 0.05) is 38.2 Å². The standard InChI is InChI=1S/C15H19N3/c1-18(10-7-13-5-8-17-9-6-13)15-4-2-3-14(11-15)12-16/h2-6,8-9,11H,7,10,12,16H2,1H3. The summed E-state index contributed by atoms with van der Waals surface area (Å²) in [5.74, 6) is 0. The fourth-order valence-corrected chi connectivity index (χ4v) is 1.90. The van der Waals surface area contributed by atoms with Crippen molar-refractivity contribution in [2.24, 2.45) is 5.73 Å². The zero-order valence-corrected chi connectivity index (χ0v) is 10.7. The van der Waals surface area contributed by atoms with Gasteiger partial charge in [0.25, 0.3) is 0 Å². The summed E-state index contributed by atoms with van der Waals surface area (Å²) in [5.41, 5.74) is 9.35. The van der Waals surface area contributed by atoms with Crippen LogP contribution in [0.2, 0.25) is 0 Å². The summed E-state index contributed by atoms with van der Waals surface area (Å²) in [7, 11) is 2.11. The second kappa shape index (κ2) is 6.17. The molecule has 2 N–H and O–H groups in total. The van der Waals surface area contributed by atoms with E-state index in [4.69, 9.17) is 5.73 Å². The number of nitrogens with two attached hydrogens (primary N) is 1. The summed E-state index contributed by atoms with van der Waals surface area (Å²) in [6, 6.07) is 12.5. The molecule has 0 aliphatic carbocycles. The maximum Gasteiger partial charge on any atom is 0.0366 e. The van der Waals surface area contributed by atoms with Gasteiger partial charge in [0.15, 0.2) is 0 Å². The van der Waals surface area contributed by atoms with Crippen LogP contribution in [-0.4, -0.2) is 18.6 Å². The number of hydrogen-bond donors (Lipinski definition) is 1. The number of hydrogen-bond acceptors (Lipinski definition) is 3. The Labute approximate surface area is 108 Å². The molecule has 94 valence electrons. The number of rotatable bonds is 5. The Hall–Kier alpha value is -1.87. The lowest BCUT2D eigenvalue weighted by molar-refractivity contribution is 0.873. The predicted octanol–water partition coefficient (Wildman–Crippen LogP) is 2.22. The molecule has 0 saturated carbocycles. The molecule has 0 spiro atoms. The maximum atomic E-state index is 5.66. The van der Waals surface area contributed by atoms with Gasteiger partial charge in [-0.1, -0.05) is 12.1 Å². The van der Waals surface area contributed by atoms with Crippen LogP contribution in [0.5, 0.6) is 0 Å². The molecule has 1 aromatic heterocycles. The molecule has 0 atom stereocenters. The largest absolute Gasteiger partial charge is 0.374 e. The van der Waals surface area contributed by atoms with Gasteiger partial charge in [-0.05, 0) is 41.8 Å². The Morgan fingerprint density at radius 3 is 2.61 bits per heavy atom. The highest BCUT2D eigenvalue weighted by molar-refractivity contribution is 5.48. The molecule has 2 aromatic rings. The van der Waals surface area contributed by atoms with Crippen molar-refractivity contribution in [2.45, 2.75) is 13.0 Å². The van der Waals surface area contributed by atoms with Crippen LogP contribution in [0.15, 0.2) is 48.8 Å². The first-order valence-electron chi connectivity index (χ1n) is 6.18. The van der Waals surface area contributed by atoms with Gasteiger partial charge in [-0.3, -0.25) is 4.98 Å². The molecular weight excluding hydrogens is 222 g/mol. The van der Waals surface area contributed by atoms with E-state index in [0.717, 1.165) is 13.0 Å². The zero-order chi connectivity index (χ0) is 12.8. The number of benzene rings is 1. The molecular formula is C15H19N3. The topological polar surface area (TPSA) is 42.2 Å². The van der Waals surface area contributed by atoms with E-state index in [9.17, 15) is 0 Å². The summed E-state index contributed by atoms with van der Waals surface area (Å²) >= 11 is 0. The van der Waals surface area contributed by atoms with Gasteiger partial charge in [-0.15, -0.1) is 0 Å². The number of nitrogens with zero attached hydrogens (tertiary/aromatic N) is 2. The van der Waals surface area contributed by atoms with E-state index in [2.05, 4.69) is 53.3 Å². The molecule has 2 rings (SSSR count). The molecule has 0 aliphatic rings. The zero-order valence-electron chi connectivity index (χ0n) is 10.7. The first-order valence-corrected chi connectivity index (χ1v) is 6.18. The Balaban J connectivity index is 1.97. The second-order valence-electron chi connectivity index (χ2n) is 4.40. The Kier molecular flexibility index (Phi) is 4.31. The third-order valence-corrected chi connectivity index (χ3v) is 3.07. The van der Waals surface area contributed by atoms with E-state index < -0.39 is 0 Å². The van der Waals surface area contributed by atoms with E-state index in [1.807, 2.05) is 12.4 Å². The van der Waals surface area contributed by atoms with Gasteiger partial charge in [0.1, 0.15) is 0 Å². The van der Waals surface area contributed by atoms with Gasteiger partial charge in [-0.25, -0.2) is 0 Å². The molecule has 0 unspecified atom stereocenters. The molecule has 3 heteroatoms. The van der Waals surface area contributed by atoms with Crippen LogP contribution >= 0.6 is 0 Å². The number of aromatic nitrogens is 1. The summed E-state index contributed by atoms with van der Waals surface area (Å²) in [6.07, 6.45) is 4.70. The quantitative estimate of drug-likeness (QED) is 0.872. The van der Waals surface area contributed by atoms with Crippen molar-refractivity contribution in [2.75, 3.05) is 18.5 Å². The molecule has 0 amide bonds. The lowest BCUT2D eigenvalue weighted by atomic mass is 10.1. The monoisotopic (exact) mass is 241 g/mol. The average Bonchev–Trinajstić information content (AvgIpc) is 2.46. The van der Waals surface area contributed by atoms with Gasteiger partial charge >= 0.3 is 0 Å². The van der Waals surface area contributed by atoms with Crippen LogP contribution < -0.4 is 10.6 Å². The molecule has 3 nitrogen and oxygen atoms in total. The molecule has 0 bridgehead atoms. The van der Waals surface area contributed by atoms with Gasteiger partial charge in [0.05, 0.1) is 0 Å². The first kappa shape index (κ1) is 12.6. The number of likely N-dealkylation sites (N-methyl/N-ethyl adjacent to an activating group) is 1. The van der Waals surface area contributed by atoms with Crippen LogP contribution in [0.1, 0.15) is 11.1 Å². The number of anilines is 1. The van der Waals surface area contributed by atoms with Crippen molar-refractivity contribution in [3.05, 3.63) is 59.9 Å². The Morgan fingerprint density at radius 2 is 1.89 bits per heavy atom. The summed E-state index contributed by atoms with van der Waals surface area (Å²) in [6.45, 7) is 1.57. The van der Waals surface area contributed by atoms with E-state index >= 15 is 0 Å². The smallest absolute Gasteiger partial charge is 0.0366 e. The molecule has 0 saturated heterocycles. The SMILES string of the molecule is CN(CCc1ccncc1)c1cccc(CN)c1. The van der Waals surface area contributed by atoms with Crippen molar-refractivity contribution in [1.82, 2.24) is 4.98 Å². The molecule has 18 heavy (non-hydrogen) atoms. The van der Waals surface area contributed by atoms with Gasteiger partial charge in [0.2, 0.25) is 0 Å². The van der Waals surface area contributed by atoms with Crippen molar-refractivity contribution < 1.29 is 0 Å². The highest BCUT2D eigenvalue weighted by Gasteiger charge is 2.02. The van der Waals surface area contributed by atoms with Crippen LogP contribution in [0.3, 0.4) is 0 Å². The third kappa shape index (κ3) is 3.31. The predicted molar refractivity (Wildman–Crippen MR) is 75.5 cm³/mol. The fourth-order valence-electron chi connectivity index (χ4n) is 1.90. The number of pyridine rings is 1. The minimum Gasteiger partial charge on any atom is -0.374 e. The molecule has 1 aromatic carbocycles. The third-order valence-electron chi connectivity index (χ3n) is 3.07. The average molecular weight is 241 g/mol. The first-order chi connectivity index (χ1) is 8.79. The van der Waals surface area contributed by atoms with E-state index in [1.165, 1.54) is 16.8 Å². The molecule has 0 radical (unpaired) electrons.